The Morgan fingerprint density at radius 3 is 2.85 bits per heavy atom. The first-order valence-corrected chi connectivity index (χ1v) is 14.7. The van der Waals surface area contributed by atoms with E-state index in [0.717, 1.165) is 55.7 Å². The van der Waals surface area contributed by atoms with Crippen LogP contribution in [0.2, 0.25) is 5.02 Å². The summed E-state index contributed by atoms with van der Waals surface area (Å²) < 4.78 is 8.46. The number of imidazole rings is 1. The first-order valence-electron chi connectivity index (χ1n) is 14.3. The van der Waals surface area contributed by atoms with Crippen molar-refractivity contribution in [2.24, 2.45) is 5.92 Å². The van der Waals surface area contributed by atoms with E-state index in [4.69, 9.17) is 36.7 Å². The second kappa shape index (κ2) is 12.2. The minimum absolute atomic E-state index is 0.0531. The number of fused-ring (bicyclic) bond motifs is 2. The van der Waals surface area contributed by atoms with E-state index < -0.39 is 0 Å². The van der Waals surface area contributed by atoms with Gasteiger partial charge in [-0.05, 0) is 50.7 Å². The Morgan fingerprint density at radius 2 is 2.08 bits per heavy atom. The van der Waals surface area contributed by atoms with Gasteiger partial charge in [0.05, 0.1) is 18.8 Å². The van der Waals surface area contributed by atoms with Gasteiger partial charge in [0.2, 0.25) is 5.95 Å². The number of benzene rings is 1. The van der Waals surface area contributed by atoms with Crippen LogP contribution in [0.25, 0.3) is 22.4 Å². The van der Waals surface area contributed by atoms with E-state index in [0.29, 0.717) is 28.9 Å². The molecule has 0 amide bonds. The molecule has 39 heavy (non-hydrogen) atoms. The molecule has 3 heterocycles. The number of nitrogens with one attached hydrogen (secondary N) is 2. The number of ether oxygens (including phenoxy) is 1. The number of aliphatic hydroxyl groups excluding tert-OH is 1. The van der Waals surface area contributed by atoms with Crippen LogP contribution in [0.3, 0.4) is 0 Å². The molecule has 4 atom stereocenters. The van der Waals surface area contributed by atoms with Crippen LogP contribution in [-0.4, -0.2) is 62.5 Å². The second-order valence-electron chi connectivity index (χ2n) is 11.0. The van der Waals surface area contributed by atoms with Crippen molar-refractivity contribution in [2.75, 3.05) is 24.8 Å². The fourth-order valence-corrected chi connectivity index (χ4v) is 6.18. The zero-order chi connectivity index (χ0) is 27.5. The highest BCUT2D eigenvalue weighted by atomic mass is 35.5. The number of aliphatic hydroxyl groups is 1. The normalized spacial score (nSPS) is 20.7. The molecule has 1 saturated heterocycles. The lowest BCUT2D eigenvalue weighted by Crippen LogP contribution is -2.49. The number of hydrogen-bond acceptors (Lipinski definition) is 7. The zero-order valence-electron chi connectivity index (χ0n) is 23.2. The van der Waals surface area contributed by atoms with Crippen LogP contribution in [0.5, 0.6) is 0 Å². The predicted molar refractivity (Wildman–Crippen MR) is 156 cm³/mol. The zero-order valence-corrected chi connectivity index (χ0v) is 23.9. The Balaban J connectivity index is 1.69. The Morgan fingerprint density at radius 1 is 1.23 bits per heavy atom. The molecule has 1 aliphatic heterocycles. The predicted octanol–water partition coefficient (Wildman–Crippen LogP) is 5.55. The third kappa shape index (κ3) is 5.76. The van der Waals surface area contributed by atoms with Crippen molar-refractivity contribution in [2.45, 2.75) is 83.9 Å². The molecule has 5 rings (SSSR count). The highest BCUT2D eigenvalue weighted by molar-refractivity contribution is 6.30. The van der Waals surface area contributed by atoms with Crippen LogP contribution in [0.1, 0.15) is 77.6 Å². The quantitative estimate of drug-likeness (QED) is 0.171. The van der Waals surface area contributed by atoms with Gasteiger partial charge in [-0.1, -0.05) is 56.8 Å². The van der Waals surface area contributed by atoms with Gasteiger partial charge in [0.15, 0.2) is 17.3 Å². The van der Waals surface area contributed by atoms with Gasteiger partial charge in [0.25, 0.3) is 0 Å². The number of anilines is 1. The molecule has 3 N–H and O–H groups in total. The van der Waals surface area contributed by atoms with Gasteiger partial charge in [-0.25, -0.2) is 9.97 Å². The summed E-state index contributed by atoms with van der Waals surface area (Å²) in [5, 5.41) is 21.0. The molecule has 1 aliphatic carbocycles. The van der Waals surface area contributed by atoms with Crippen LogP contribution in [0, 0.1) is 11.3 Å². The molecule has 3 aromatic rings. The number of amidine groups is 1. The van der Waals surface area contributed by atoms with Crippen LogP contribution in [-0.2, 0) is 4.74 Å². The Labute approximate surface area is 235 Å². The first kappa shape index (κ1) is 27.8. The largest absolute Gasteiger partial charge is 0.377 e. The lowest BCUT2D eigenvalue weighted by atomic mass is 9.99. The minimum Gasteiger partial charge on any atom is -0.377 e. The molecule has 2 aliphatic rings. The molecule has 2 aromatic heterocycles. The van der Waals surface area contributed by atoms with E-state index in [1.54, 1.807) is 0 Å². The monoisotopic (exact) mass is 553 g/mol. The third-order valence-electron chi connectivity index (χ3n) is 8.30. The van der Waals surface area contributed by atoms with Gasteiger partial charge in [-0.2, -0.15) is 4.98 Å². The lowest BCUT2D eigenvalue weighted by Gasteiger charge is -2.39. The standard InChI is InChI=1S/C29H40ClN7O2/c1-4-18(2)8-5-9-19(3)37-25-24(20-10-6-11-21(30)16-20)33-28(26(31)32-17-38)34-27(25)35-29(37)36-14-15-39-23-13-7-12-22(23)36/h6,10-11,16,18-19,22-23,38H,4-5,7-9,12-15,17H2,1-3H3,(H2,31,32)/t18-,19?,22?,23?/m0/s1. The van der Waals surface area contributed by atoms with E-state index in [1.807, 2.05) is 24.3 Å². The smallest absolute Gasteiger partial charge is 0.208 e. The molecule has 0 spiro atoms. The maximum absolute atomic E-state index is 9.39. The van der Waals surface area contributed by atoms with E-state index in [1.165, 1.54) is 12.8 Å². The first-order chi connectivity index (χ1) is 18.9. The summed E-state index contributed by atoms with van der Waals surface area (Å²) in [6.45, 7) is 7.91. The molecule has 0 bridgehead atoms. The van der Waals surface area contributed by atoms with E-state index in [2.05, 4.69) is 35.6 Å². The average molecular weight is 554 g/mol. The van der Waals surface area contributed by atoms with Gasteiger partial charge in [-0.3, -0.25) is 5.41 Å². The molecule has 0 radical (unpaired) electrons. The number of hydrogen-bond donors (Lipinski definition) is 3. The van der Waals surface area contributed by atoms with Gasteiger partial charge in [-0.15, -0.1) is 0 Å². The number of aromatic nitrogens is 4. The SMILES string of the molecule is CC[C@H](C)CCCC(C)n1c(N2CCOC3CCCC32)nc2nc(C(=N)NCO)nc(-c3cccc(Cl)c3)c21. The van der Waals surface area contributed by atoms with Crippen LogP contribution in [0.4, 0.5) is 5.95 Å². The Kier molecular flexibility index (Phi) is 8.69. The van der Waals surface area contributed by atoms with Crippen LogP contribution >= 0.6 is 11.6 Å². The molecule has 2 fully saturated rings. The number of rotatable bonds is 10. The van der Waals surface area contributed by atoms with Crippen molar-refractivity contribution < 1.29 is 9.84 Å². The molecular formula is C29H40ClN7O2. The van der Waals surface area contributed by atoms with Crippen molar-refractivity contribution in [1.82, 2.24) is 24.8 Å². The summed E-state index contributed by atoms with van der Waals surface area (Å²) >= 11 is 6.42. The van der Waals surface area contributed by atoms with Crippen molar-refractivity contribution in [3.8, 4) is 11.3 Å². The highest BCUT2D eigenvalue weighted by Crippen LogP contribution is 2.39. The molecule has 9 nitrogen and oxygen atoms in total. The van der Waals surface area contributed by atoms with Crippen molar-refractivity contribution in [3.63, 3.8) is 0 Å². The van der Waals surface area contributed by atoms with Crippen LogP contribution < -0.4 is 10.2 Å². The lowest BCUT2D eigenvalue weighted by molar-refractivity contribution is 0.0246. The van der Waals surface area contributed by atoms with Gasteiger partial charge in [0, 0.05) is 23.2 Å². The van der Waals surface area contributed by atoms with Gasteiger partial charge in [0.1, 0.15) is 17.9 Å². The maximum atomic E-state index is 9.39. The molecule has 1 aromatic carbocycles. The summed E-state index contributed by atoms with van der Waals surface area (Å²) in [7, 11) is 0. The number of morpholine rings is 1. The second-order valence-corrected chi connectivity index (χ2v) is 11.4. The Hall–Kier alpha value is -2.75. The van der Waals surface area contributed by atoms with Crippen molar-refractivity contribution in [1.29, 1.82) is 5.41 Å². The van der Waals surface area contributed by atoms with Gasteiger partial charge >= 0.3 is 0 Å². The minimum atomic E-state index is -0.378. The highest BCUT2D eigenvalue weighted by Gasteiger charge is 2.39. The van der Waals surface area contributed by atoms with E-state index in [9.17, 15) is 5.11 Å². The third-order valence-corrected chi connectivity index (χ3v) is 8.54. The summed E-state index contributed by atoms with van der Waals surface area (Å²) in [4.78, 5) is 17.2. The topological polar surface area (TPSA) is 112 Å². The fourth-order valence-electron chi connectivity index (χ4n) is 5.99. The summed E-state index contributed by atoms with van der Waals surface area (Å²) in [6.07, 6.45) is 8.06. The van der Waals surface area contributed by atoms with Crippen molar-refractivity contribution in [3.05, 3.63) is 35.1 Å². The fraction of sp³-hybridized carbons (Fsp3) is 0.586. The summed E-state index contributed by atoms with van der Waals surface area (Å²) in [5.41, 5.74) is 2.92. The van der Waals surface area contributed by atoms with E-state index in [-0.39, 0.29) is 36.6 Å². The van der Waals surface area contributed by atoms with E-state index >= 15 is 0 Å². The molecule has 10 heteroatoms. The van der Waals surface area contributed by atoms with Gasteiger partial charge < -0.3 is 24.6 Å². The Bertz CT molecular complexity index is 1310. The molecular weight excluding hydrogens is 514 g/mol. The average Bonchev–Trinajstić information content (AvgIpc) is 3.57. The maximum Gasteiger partial charge on any atom is 0.208 e. The number of nitrogens with zero attached hydrogens (tertiary/aromatic N) is 5. The number of halogens is 1. The summed E-state index contributed by atoms with van der Waals surface area (Å²) in [5.74, 6) is 1.74. The summed E-state index contributed by atoms with van der Waals surface area (Å²) in [6, 6.07) is 8.07. The van der Waals surface area contributed by atoms with Crippen molar-refractivity contribution >= 4 is 34.5 Å². The van der Waals surface area contributed by atoms with Crippen LogP contribution in [0.15, 0.2) is 24.3 Å². The molecule has 1 saturated carbocycles. The molecule has 3 unspecified atom stereocenters. The molecule has 210 valence electrons.